The molecular weight excluding hydrogens is 226 g/mol. The Bertz CT molecular complexity index is 295. The highest BCUT2D eigenvalue weighted by molar-refractivity contribution is 5.84. The SMILES string of the molecule is CCCNC(C)(CN1CC2CCCC2C1)C(N)=O. The van der Waals surface area contributed by atoms with E-state index in [9.17, 15) is 4.79 Å². The summed E-state index contributed by atoms with van der Waals surface area (Å²) in [6.45, 7) is 7.96. The molecule has 3 atom stereocenters. The average Bonchev–Trinajstić information content (AvgIpc) is 2.86. The molecule has 0 aromatic rings. The van der Waals surface area contributed by atoms with Crippen molar-refractivity contribution in [2.75, 3.05) is 26.2 Å². The molecule has 0 bridgehead atoms. The van der Waals surface area contributed by atoms with Gasteiger partial charge in [-0.15, -0.1) is 0 Å². The monoisotopic (exact) mass is 253 g/mol. The lowest BCUT2D eigenvalue weighted by atomic mass is 10.0. The lowest BCUT2D eigenvalue weighted by Gasteiger charge is -2.32. The lowest BCUT2D eigenvalue weighted by Crippen LogP contribution is -2.59. The van der Waals surface area contributed by atoms with Gasteiger partial charge in [0.1, 0.15) is 5.54 Å². The van der Waals surface area contributed by atoms with Gasteiger partial charge in [0.2, 0.25) is 5.91 Å². The Hall–Kier alpha value is -0.610. The van der Waals surface area contributed by atoms with E-state index in [4.69, 9.17) is 5.73 Å². The number of hydrogen-bond donors (Lipinski definition) is 2. The van der Waals surface area contributed by atoms with Crippen LogP contribution in [0.5, 0.6) is 0 Å². The van der Waals surface area contributed by atoms with Gasteiger partial charge >= 0.3 is 0 Å². The van der Waals surface area contributed by atoms with Crippen LogP contribution in [0.15, 0.2) is 0 Å². The third kappa shape index (κ3) is 2.86. The van der Waals surface area contributed by atoms with Crippen LogP contribution in [0.2, 0.25) is 0 Å². The number of likely N-dealkylation sites (tertiary alicyclic amines) is 1. The number of carbonyl (C=O) groups excluding carboxylic acids is 1. The zero-order valence-electron chi connectivity index (χ0n) is 11.7. The van der Waals surface area contributed by atoms with Crippen molar-refractivity contribution >= 4 is 5.91 Å². The molecule has 4 nitrogen and oxygen atoms in total. The van der Waals surface area contributed by atoms with E-state index in [0.717, 1.165) is 44.4 Å². The second-order valence-corrected chi connectivity index (χ2v) is 6.27. The van der Waals surface area contributed by atoms with E-state index >= 15 is 0 Å². The number of hydrogen-bond acceptors (Lipinski definition) is 3. The molecule has 2 aliphatic rings. The van der Waals surface area contributed by atoms with Crippen LogP contribution in [-0.2, 0) is 4.79 Å². The topological polar surface area (TPSA) is 58.4 Å². The van der Waals surface area contributed by atoms with E-state index in [2.05, 4.69) is 17.1 Å². The maximum atomic E-state index is 11.7. The maximum absolute atomic E-state index is 11.7. The number of fused-ring (bicyclic) bond motifs is 1. The number of carbonyl (C=O) groups is 1. The first-order chi connectivity index (χ1) is 8.55. The number of primary amides is 1. The minimum absolute atomic E-state index is 0.229. The van der Waals surface area contributed by atoms with Gasteiger partial charge in [0.05, 0.1) is 0 Å². The van der Waals surface area contributed by atoms with E-state index in [1.54, 1.807) is 0 Å². The largest absolute Gasteiger partial charge is 0.368 e. The summed E-state index contributed by atoms with van der Waals surface area (Å²) in [5.41, 5.74) is 5.00. The van der Waals surface area contributed by atoms with Gasteiger partial charge in [0.15, 0.2) is 0 Å². The van der Waals surface area contributed by atoms with Crippen molar-refractivity contribution in [1.82, 2.24) is 10.2 Å². The molecule has 0 aromatic heterocycles. The Morgan fingerprint density at radius 3 is 2.50 bits per heavy atom. The zero-order chi connectivity index (χ0) is 13.2. The fourth-order valence-corrected chi connectivity index (χ4v) is 3.53. The molecule has 1 aliphatic carbocycles. The van der Waals surface area contributed by atoms with Gasteiger partial charge in [-0.1, -0.05) is 13.3 Å². The second-order valence-electron chi connectivity index (χ2n) is 6.27. The van der Waals surface area contributed by atoms with E-state index in [1.165, 1.54) is 19.3 Å². The zero-order valence-corrected chi connectivity index (χ0v) is 11.7. The summed E-state index contributed by atoms with van der Waals surface area (Å²) in [5, 5.41) is 3.32. The predicted molar refractivity (Wildman–Crippen MR) is 73.2 cm³/mol. The normalized spacial score (nSPS) is 31.2. The molecule has 3 unspecified atom stereocenters. The number of amides is 1. The van der Waals surface area contributed by atoms with Crippen LogP contribution in [0, 0.1) is 11.8 Å². The minimum atomic E-state index is -0.575. The Labute approximate surface area is 110 Å². The van der Waals surface area contributed by atoms with Crippen LogP contribution in [0.1, 0.15) is 39.5 Å². The molecule has 1 saturated carbocycles. The highest BCUT2D eigenvalue weighted by Gasteiger charge is 2.40. The first-order valence-corrected chi connectivity index (χ1v) is 7.32. The fourth-order valence-electron chi connectivity index (χ4n) is 3.53. The molecule has 0 spiro atoms. The van der Waals surface area contributed by atoms with Crippen molar-refractivity contribution in [3.63, 3.8) is 0 Å². The van der Waals surface area contributed by atoms with Gasteiger partial charge < -0.3 is 16.0 Å². The lowest BCUT2D eigenvalue weighted by molar-refractivity contribution is -0.124. The molecule has 104 valence electrons. The average molecular weight is 253 g/mol. The summed E-state index contributed by atoms with van der Waals surface area (Å²) in [6, 6.07) is 0. The van der Waals surface area contributed by atoms with Crippen LogP contribution in [0.4, 0.5) is 0 Å². The van der Waals surface area contributed by atoms with E-state index in [0.29, 0.717) is 0 Å². The van der Waals surface area contributed by atoms with Gasteiger partial charge in [-0.05, 0) is 44.6 Å². The van der Waals surface area contributed by atoms with Gasteiger partial charge in [-0.2, -0.15) is 0 Å². The summed E-state index contributed by atoms with van der Waals surface area (Å²) in [5.74, 6) is 1.51. The summed E-state index contributed by atoms with van der Waals surface area (Å²) >= 11 is 0. The molecule has 0 radical (unpaired) electrons. The molecule has 2 fully saturated rings. The number of rotatable bonds is 6. The fraction of sp³-hybridized carbons (Fsp3) is 0.929. The molecule has 1 amide bonds. The van der Waals surface area contributed by atoms with Crippen molar-refractivity contribution in [1.29, 1.82) is 0 Å². The third-order valence-corrected chi connectivity index (χ3v) is 4.65. The van der Waals surface area contributed by atoms with E-state index < -0.39 is 5.54 Å². The molecule has 0 aromatic carbocycles. The van der Waals surface area contributed by atoms with Crippen LogP contribution in [0.3, 0.4) is 0 Å². The van der Waals surface area contributed by atoms with Crippen LogP contribution in [-0.4, -0.2) is 42.5 Å². The highest BCUT2D eigenvalue weighted by atomic mass is 16.1. The van der Waals surface area contributed by atoms with Gasteiger partial charge in [0, 0.05) is 19.6 Å². The molecular formula is C14H27N3O. The van der Waals surface area contributed by atoms with Crippen molar-refractivity contribution in [2.45, 2.75) is 45.1 Å². The Balaban J connectivity index is 1.91. The molecule has 1 saturated heterocycles. The summed E-state index contributed by atoms with van der Waals surface area (Å²) in [4.78, 5) is 14.1. The molecule has 1 heterocycles. The molecule has 4 heteroatoms. The first kappa shape index (κ1) is 13.8. The predicted octanol–water partition coefficient (Wildman–Crippen LogP) is 0.962. The van der Waals surface area contributed by atoms with Gasteiger partial charge in [-0.25, -0.2) is 0 Å². The summed E-state index contributed by atoms with van der Waals surface area (Å²) < 4.78 is 0. The Morgan fingerprint density at radius 2 is 2.00 bits per heavy atom. The Morgan fingerprint density at radius 1 is 1.39 bits per heavy atom. The van der Waals surface area contributed by atoms with Gasteiger partial charge in [0.25, 0.3) is 0 Å². The molecule has 1 aliphatic heterocycles. The van der Waals surface area contributed by atoms with Crippen molar-refractivity contribution in [3.05, 3.63) is 0 Å². The smallest absolute Gasteiger partial charge is 0.238 e. The van der Waals surface area contributed by atoms with Crippen LogP contribution < -0.4 is 11.1 Å². The third-order valence-electron chi connectivity index (χ3n) is 4.65. The summed E-state index contributed by atoms with van der Waals surface area (Å²) in [7, 11) is 0. The number of nitrogens with one attached hydrogen (secondary N) is 1. The second kappa shape index (κ2) is 5.57. The summed E-state index contributed by atoms with van der Waals surface area (Å²) in [6.07, 6.45) is 5.16. The van der Waals surface area contributed by atoms with Crippen LogP contribution in [0.25, 0.3) is 0 Å². The van der Waals surface area contributed by atoms with Crippen molar-refractivity contribution in [2.24, 2.45) is 17.6 Å². The standard InChI is InChI=1S/C14H27N3O/c1-3-7-16-14(2,13(15)18)10-17-8-11-5-4-6-12(11)9-17/h11-12,16H,3-10H2,1-2H3,(H2,15,18). The van der Waals surface area contributed by atoms with E-state index in [-0.39, 0.29) is 5.91 Å². The highest BCUT2D eigenvalue weighted by Crippen LogP contribution is 2.37. The van der Waals surface area contributed by atoms with E-state index in [1.807, 2.05) is 6.92 Å². The quantitative estimate of drug-likeness (QED) is 0.741. The van der Waals surface area contributed by atoms with Crippen molar-refractivity contribution in [3.8, 4) is 0 Å². The van der Waals surface area contributed by atoms with Crippen molar-refractivity contribution < 1.29 is 4.79 Å². The molecule has 2 rings (SSSR count). The van der Waals surface area contributed by atoms with Crippen LogP contribution >= 0.6 is 0 Å². The maximum Gasteiger partial charge on any atom is 0.238 e. The molecule has 3 N–H and O–H groups in total. The van der Waals surface area contributed by atoms with Gasteiger partial charge in [-0.3, -0.25) is 4.79 Å². The molecule has 18 heavy (non-hydrogen) atoms. The number of nitrogens with two attached hydrogens (primary N) is 1. The first-order valence-electron chi connectivity index (χ1n) is 7.32. The minimum Gasteiger partial charge on any atom is -0.368 e. The Kier molecular flexibility index (Phi) is 4.28. The number of nitrogens with zero attached hydrogens (tertiary/aromatic N) is 1.